The minimum absolute atomic E-state index is 0.0811. The molecule has 0 spiro atoms. The van der Waals surface area contributed by atoms with E-state index in [2.05, 4.69) is 4.74 Å². The molecule has 0 atom stereocenters. The summed E-state index contributed by atoms with van der Waals surface area (Å²) in [6.07, 6.45) is 1.45. The Morgan fingerprint density at radius 1 is 0.920 bits per heavy atom. The fraction of sp³-hybridized carbons (Fsp3) is 0.316. The lowest BCUT2D eigenvalue weighted by Gasteiger charge is -2.07. The third-order valence-corrected chi connectivity index (χ3v) is 5.13. The summed E-state index contributed by atoms with van der Waals surface area (Å²) in [7, 11) is -2.36. The number of hydrogen-bond acceptors (Lipinski definition) is 5. The Balaban J connectivity index is 1.85. The first-order chi connectivity index (χ1) is 11.9. The normalized spacial score (nSPS) is 11.3. The van der Waals surface area contributed by atoms with Crippen LogP contribution >= 0.6 is 0 Å². The number of rotatable bonds is 8. The van der Waals surface area contributed by atoms with Gasteiger partial charge in [-0.1, -0.05) is 42.0 Å². The molecule has 2 aromatic rings. The van der Waals surface area contributed by atoms with Crippen LogP contribution in [0.1, 0.15) is 23.1 Å². The second-order valence-corrected chi connectivity index (χ2v) is 7.35. The summed E-state index contributed by atoms with van der Waals surface area (Å²) in [5.74, 6) is -0.237. The van der Waals surface area contributed by atoms with Crippen LogP contribution in [-0.2, 0) is 36.7 Å². The van der Waals surface area contributed by atoms with E-state index in [0.29, 0.717) is 19.3 Å². The molecule has 0 amide bonds. The molecule has 0 radical (unpaired) electrons. The first kappa shape index (κ1) is 19.1. The van der Waals surface area contributed by atoms with Crippen molar-refractivity contribution in [2.24, 2.45) is 0 Å². The molecule has 0 bridgehead atoms. The van der Waals surface area contributed by atoms with E-state index in [1.807, 2.05) is 31.2 Å². The van der Waals surface area contributed by atoms with Crippen LogP contribution in [0, 0.1) is 6.92 Å². The minimum atomic E-state index is -3.73. The quantitative estimate of drug-likeness (QED) is 0.533. The lowest BCUT2D eigenvalue weighted by Crippen LogP contribution is -2.09. The van der Waals surface area contributed by atoms with Gasteiger partial charge in [0.2, 0.25) is 0 Å². The summed E-state index contributed by atoms with van der Waals surface area (Å²) < 4.78 is 33.9. The summed E-state index contributed by atoms with van der Waals surface area (Å²) in [5.41, 5.74) is 2.99. The third-order valence-electron chi connectivity index (χ3n) is 3.81. The van der Waals surface area contributed by atoms with Gasteiger partial charge in [-0.15, -0.1) is 0 Å². The van der Waals surface area contributed by atoms with Crippen LogP contribution in [0.25, 0.3) is 0 Å². The van der Waals surface area contributed by atoms with Crippen molar-refractivity contribution in [3.8, 4) is 0 Å². The number of carbonyl (C=O) groups excluding carboxylic acids is 1. The fourth-order valence-electron chi connectivity index (χ4n) is 2.26. The van der Waals surface area contributed by atoms with Gasteiger partial charge < -0.3 is 4.74 Å². The van der Waals surface area contributed by atoms with Crippen LogP contribution in [0.15, 0.2) is 53.4 Å². The van der Waals surface area contributed by atoms with Crippen molar-refractivity contribution in [1.29, 1.82) is 0 Å². The smallest absolute Gasteiger partial charge is 0.305 e. The molecule has 0 aliphatic heterocycles. The Labute approximate surface area is 148 Å². The van der Waals surface area contributed by atoms with E-state index in [-0.39, 0.29) is 17.5 Å². The molecule has 0 heterocycles. The van der Waals surface area contributed by atoms with Gasteiger partial charge in [-0.25, -0.2) is 0 Å². The van der Waals surface area contributed by atoms with Gasteiger partial charge in [-0.05, 0) is 43.0 Å². The average Bonchev–Trinajstić information content (AvgIpc) is 2.61. The van der Waals surface area contributed by atoms with E-state index >= 15 is 0 Å². The number of methoxy groups -OCH3 is 1. The van der Waals surface area contributed by atoms with Crippen molar-refractivity contribution in [1.82, 2.24) is 0 Å². The van der Waals surface area contributed by atoms with Crippen LogP contribution in [0.5, 0.6) is 0 Å². The highest BCUT2D eigenvalue weighted by molar-refractivity contribution is 7.86. The highest BCUT2D eigenvalue weighted by Gasteiger charge is 2.14. The van der Waals surface area contributed by atoms with Gasteiger partial charge in [0.05, 0.1) is 18.6 Å². The Kier molecular flexibility index (Phi) is 6.73. The van der Waals surface area contributed by atoms with Crippen molar-refractivity contribution < 1.29 is 22.1 Å². The maximum Gasteiger partial charge on any atom is 0.305 e. The summed E-state index contributed by atoms with van der Waals surface area (Å²) >= 11 is 0. The van der Waals surface area contributed by atoms with Crippen molar-refractivity contribution in [2.75, 3.05) is 13.7 Å². The molecule has 2 rings (SSSR count). The molecule has 0 aliphatic rings. The van der Waals surface area contributed by atoms with E-state index in [4.69, 9.17) is 4.18 Å². The van der Waals surface area contributed by atoms with Crippen molar-refractivity contribution in [3.05, 3.63) is 65.2 Å². The van der Waals surface area contributed by atoms with Gasteiger partial charge in [-0.2, -0.15) is 8.42 Å². The maximum absolute atomic E-state index is 12.1. The summed E-state index contributed by atoms with van der Waals surface area (Å²) in [6, 6.07) is 14.2. The molecule has 0 aromatic heterocycles. The number of esters is 1. The lowest BCUT2D eigenvalue weighted by atomic mass is 10.1. The molecule has 0 aliphatic carbocycles. The molecule has 0 N–H and O–H groups in total. The fourth-order valence-corrected chi connectivity index (χ4v) is 3.17. The Morgan fingerprint density at radius 3 is 2.04 bits per heavy atom. The first-order valence-corrected chi connectivity index (χ1v) is 9.42. The molecule has 134 valence electrons. The summed E-state index contributed by atoms with van der Waals surface area (Å²) in [5, 5.41) is 0. The number of hydrogen-bond donors (Lipinski definition) is 0. The van der Waals surface area contributed by atoms with Crippen LogP contribution in [0.2, 0.25) is 0 Å². The van der Waals surface area contributed by atoms with Gasteiger partial charge in [0.15, 0.2) is 0 Å². The predicted molar refractivity (Wildman–Crippen MR) is 94.8 cm³/mol. The van der Waals surface area contributed by atoms with E-state index in [9.17, 15) is 13.2 Å². The molecule has 0 fully saturated rings. The minimum Gasteiger partial charge on any atom is -0.469 e. The van der Waals surface area contributed by atoms with Crippen molar-refractivity contribution in [3.63, 3.8) is 0 Å². The average molecular weight is 362 g/mol. The number of benzene rings is 2. The van der Waals surface area contributed by atoms with E-state index < -0.39 is 10.1 Å². The Bertz CT molecular complexity index is 793. The van der Waals surface area contributed by atoms with E-state index in [1.165, 1.54) is 7.11 Å². The van der Waals surface area contributed by atoms with Crippen molar-refractivity contribution in [2.45, 2.75) is 31.1 Å². The van der Waals surface area contributed by atoms with E-state index in [1.54, 1.807) is 24.3 Å². The Morgan fingerprint density at radius 2 is 1.48 bits per heavy atom. The maximum atomic E-state index is 12.1. The zero-order valence-corrected chi connectivity index (χ0v) is 15.2. The molecule has 6 heteroatoms. The second-order valence-electron chi connectivity index (χ2n) is 5.73. The Hall–Kier alpha value is -2.18. The zero-order chi connectivity index (χ0) is 18.3. The monoisotopic (exact) mass is 362 g/mol. The van der Waals surface area contributed by atoms with Crippen LogP contribution < -0.4 is 0 Å². The molecule has 0 saturated carbocycles. The number of carbonyl (C=O) groups is 1. The standard InChI is InChI=1S/C19H22O5S/c1-15-3-10-18(11-4-15)25(21,22)24-14-13-17-7-5-16(6-8-17)9-12-19(20)23-2/h3-8,10-11H,9,12-14H2,1-2H3. The molecule has 5 nitrogen and oxygen atoms in total. The SMILES string of the molecule is COC(=O)CCc1ccc(CCOS(=O)(=O)c2ccc(C)cc2)cc1. The highest BCUT2D eigenvalue weighted by atomic mass is 32.2. The predicted octanol–water partition coefficient (Wildman–Crippen LogP) is 3.05. The molecule has 2 aromatic carbocycles. The van der Waals surface area contributed by atoms with Gasteiger partial charge >= 0.3 is 5.97 Å². The van der Waals surface area contributed by atoms with E-state index in [0.717, 1.165) is 16.7 Å². The number of ether oxygens (including phenoxy) is 1. The summed E-state index contributed by atoms with van der Waals surface area (Å²) in [4.78, 5) is 11.3. The highest BCUT2D eigenvalue weighted by Crippen LogP contribution is 2.14. The van der Waals surface area contributed by atoms with Gasteiger partial charge in [0.1, 0.15) is 0 Å². The largest absolute Gasteiger partial charge is 0.469 e. The zero-order valence-electron chi connectivity index (χ0n) is 14.4. The molecular formula is C19H22O5S. The van der Waals surface area contributed by atoms with Crippen LogP contribution in [0.3, 0.4) is 0 Å². The lowest BCUT2D eigenvalue weighted by molar-refractivity contribution is -0.140. The van der Waals surface area contributed by atoms with Gasteiger partial charge in [0, 0.05) is 6.42 Å². The molecule has 0 saturated heterocycles. The topological polar surface area (TPSA) is 69.7 Å². The first-order valence-electron chi connectivity index (χ1n) is 8.01. The van der Waals surface area contributed by atoms with Crippen molar-refractivity contribution >= 4 is 16.1 Å². The summed E-state index contributed by atoms with van der Waals surface area (Å²) in [6.45, 7) is 1.98. The van der Waals surface area contributed by atoms with Crippen LogP contribution in [0.4, 0.5) is 0 Å². The second kappa shape index (κ2) is 8.78. The third kappa shape index (κ3) is 5.99. The molecule has 0 unspecified atom stereocenters. The number of aryl methyl sites for hydroxylation is 2. The molecular weight excluding hydrogens is 340 g/mol. The molecule has 25 heavy (non-hydrogen) atoms. The van der Waals surface area contributed by atoms with Gasteiger partial charge in [0.25, 0.3) is 10.1 Å². The van der Waals surface area contributed by atoms with Gasteiger partial charge in [-0.3, -0.25) is 8.98 Å². The van der Waals surface area contributed by atoms with Crippen LogP contribution in [-0.4, -0.2) is 28.1 Å².